The number of rotatable bonds is 16. The van der Waals surface area contributed by atoms with Crippen molar-refractivity contribution in [3.63, 3.8) is 0 Å². The maximum atomic E-state index is 13.5. The van der Waals surface area contributed by atoms with Crippen LogP contribution >= 0.6 is 24.0 Å². The van der Waals surface area contributed by atoms with E-state index in [1.165, 1.54) is 63.1 Å². The SMILES string of the molecule is CCCCCCCCCCCCN1C(=O)C(=Cc2c(C)c(C#N)c(=O)n(CCCC)c2N2CCCC(C)C2)SC1=S. The van der Waals surface area contributed by atoms with Crippen LogP contribution in [0.15, 0.2) is 9.70 Å². The molecular formula is C33H50N4O2S2. The Balaban J connectivity index is 1.78. The minimum Gasteiger partial charge on any atom is -0.357 e. The molecule has 1 amide bonds. The van der Waals surface area contributed by atoms with Crippen molar-refractivity contribution < 1.29 is 4.79 Å². The van der Waals surface area contributed by atoms with Crippen LogP contribution in [0.25, 0.3) is 6.08 Å². The highest BCUT2D eigenvalue weighted by Crippen LogP contribution is 2.37. The number of carbonyl (C=O) groups is 1. The van der Waals surface area contributed by atoms with Crippen molar-refractivity contribution in [2.75, 3.05) is 24.5 Å². The summed E-state index contributed by atoms with van der Waals surface area (Å²) in [4.78, 5) is 31.7. The lowest BCUT2D eigenvalue weighted by atomic mass is 9.98. The summed E-state index contributed by atoms with van der Waals surface area (Å²) in [6.07, 6.45) is 18.4. The van der Waals surface area contributed by atoms with Crippen LogP contribution in [0.3, 0.4) is 0 Å². The zero-order chi connectivity index (χ0) is 29.8. The molecule has 0 N–H and O–H groups in total. The Morgan fingerprint density at radius 2 is 1.61 bits per heavy atom. The van der Waals surface area contributed by atoms with Crippen LogP contribution in [0.5, 0.6) is 0 Å². The van der Waals surface area contributed by atoms with Crippen LogP contribution < -0.4 is 10.5 Å². The normalized spacial score (nSPS) is 18.5. The van der Waals surface area contributed by atoms with E-state index < -0.39 is 0 Å². The van der Waals surface area contributed by atoms with E-state index in [9.17, 15) is 14.9 Å². The predicted molar refractivity (Wildman–Crippen MR) is 177 cm³/mol. The number of aromatic nitrogens is 1. The standard InChI is InChI=1S/C33H50N4O2S2/c1-5-7-9-10-11-12-13-14-15-16-21-37-32(39)29(41-33(37)40)22-27-26(4)28(23-34)31(38)36(20-8-6-2)30(27)35-19-17-18-25(3)24-35/h22,25H,5-21,24H2,1-4H3. The van der Waals surface area contributed by atoms with E-state index in [0.717, 1.165) is 63.0 Å². The van der Waals surface area contributed by atoms with Crippen LogP contribution in [0.1, 0.15) is 127 Å². The van der Waals surface area contributed by atoms with E-state index in [-0.39, 0.29) is 17.0 Å². The number of amides is 1. The minimum absolute atomic E-state index is 0.0573. The van der Waals surface area contributed by atoms with E-state index in [1.54, 1.807) is 9.47 Å². The van der Waals surface area contributed by atoms with Crippen molar-refractivity contribution in [2.24, 2.45) is 5.92 Å². The van der Waals surface area contributed by atoms with E-state index in [0.29, 0.717) is 33.8 Å². The molecule has 1 aromatic heterocycles. The van der Waals surface area contributed by atoms with Gasteiger partial charge in [0.15, 0.2) is 0 Å². The summed E-state index contributed by atoms with van der Waals surface area (Å²) in [7, 11) is 0. The molecule has 2 aliphatic rings. The van der Waals surface area contributed by atoms with E-state index in [1.807, 2.05) is 13.0 Å². The van der Waals surface area contributed by atoms with Gasteiger partial charge in [0, 0.05) is 31.7 Å². The van der Waals surface area contributed by atoms with Gasteiger partial charge >= 0.3 is 0 Å². The van der Waals surface area contributed by atoms with Crippen molar-refractivity contribution >= 4 is 46.1 Å². The number of hydrogen-bond acceptors (Lipinski definition) is 6. The fourth-order valence-corrected chi connectivity index (χ4v) is 7.26. The molecule has 2 aliphatic heterocycles. The molecule has 1 unspecified atom stereocenters. The third-order valence-corrected chi connectivity index (χ3v) is 9.80. The summed E-state index contributed by atoms with van der Waals surface area (Å²) >= 11 is 6.99. The van der Waals surface area contributed by atoms with Gasteiger partial charge in [-0.3, -0.25) is 19.1 Å². The van der Waals surface area contributed by atoms with Crippen LogP contribution in [-0.2, 0) is 11.3 Å². The number of anilines is 1. The predicted octanol–water partition coefficient (Wildman–Crippen LogP) is 8.19. The number of unbranched alkanes of at least 4 members (excludes halogenated alkanes) is 10. The highest BCUT2D eigenvalue weighted by Gasteiger charge is 2.33. The van der Waals surface area contributed by atoms with Gasteiger partial charge in [-0.1, -0.05) is 109 Å². The van der Waals surface area contributed by atoms with Gasteiger partial charge in [0.2, 0.25) is 0 Å². The first kappa shape index (κ1) is 33.4. The number of nitriles is 1. The quantitative estimate of drug-likeness (QED) is 0.109. The summed E-state index contributed by atoms with van der Waals surface area (Å²) < 4.78 is 2.39. The van der Waals surface area contributed by atoms with Gasteiger partial charge in [-0.15, -0.1) is 0 Å². The van der Waals surface area contributed by atoms with Gasteiger partial charge in [-0.05, 0) is 50.2 Å². The molecule has 0 saturated carbocycles. The number of thioether (sulfide) groups is 1. The van der Waals surface area contributed by atoms with Crippen LogP contribution in [-0.4, -0.2) is 39.3 Å². The number of hydrogen-bond donors (Lipinski definition) is 0. The summed E-state index contributed by atoms with van der Waals surface area (Å²) in [5.74, 6) is 1.31. The molecule has 41 heavy (non-hydrogen) atoms. The lowest BCUT2D eigenvalue weighted by molar-refractivity contribution is -0.122. The van der Waals surface area contributed by atoms with Crippen molar-refractivity contribution in [3.05, 3.63) is 31.9 Å². The zero-order valence-corrected chi connectivity index (χ0v) is 27.4. The first-order valence-corrected chi connectivity index (χ1v) is 17.2. The number of thiocarbonyl (C=S) groups is 1. The summed E-state index contributed by atoms with van der Waals surface area (Å²) in [6.45, 7) is 11.4. The first-order valence-electron chi connectivity index (χ1n) is 16.0. The van der Waals surface area contributed by atoms with Gasteiger partial charge in [0.25, 0.3) is 11.5 Å². The maximum Gasteiger partial charge on any atom is 0.270 e. The fourth-order valence-electron chi connectivity index (χ4n) is 5.97. The average Bonchev–Trinajstić information content (AvgIpc) is 3.22. The Kier molecular flexibility index (Phi) is 13.9. The van der Waals surface area contributed by atoms with Crippen molar-refractivity contribution in [3.8, 4) is 6.07 Å². The average molecular weight is 599 g/mol. The van der Waals surface area contributed by atoms with Gasteiger partial charge in [0.1, 0.15) is 21.8 Å². The lowest BCUT2D eigenvalue weighted by Gasteiger charge is -2.36. The molecule has 0 aliphatic carbocycles. The second kappa shape index (κ2) is 17.1. The molecule has 2 saturated heterocycles. The third-order valence-electron chi connectivity index (χ3n) is 8.42. The number of carbonyl (C=O) groups excluding carboxylic acids is 1. The molecule has 3 heterocycles. The van der Waals surface area contributed by atoms with Crippen LogP contribution in [0, 0.1) is 24.2 Å². The molecule has 0 radical (unpaired) electrons. The smallest absolute Gasteiger partial charge is 0.270 e. The van der Waals surface area contributed by atoms with Gasteiger partial charge in [-0.25, -0.2) is 0 Å². The molecule has 6 nitrogen and oxygen atoms in total. The second-order valence-corrected chi connectivity index (χ2v) is 13.5. The molecule has 2 fully saturated rings. The van der Waals surface area contributed by atoms with Crippen molar-refractivity contribution in [2.45, 2.75) is 124 Å². The third kappa shape index (κ3) is 8.94. The second-order valence-electron chi connectivity index (χ2n) is 11.9. The van der Waals surface area contributed by atoms with E-state index in [4.69, 9.17) is 12.2 Å². The Hall–Kier alpha value is -2.11. The fraction of sp³-hybridized carbons (Fsp3) is 0.697. The topological polar surface area (TPSA) is 69.3 Å². The Labute approximate surface area is 257 Å². The Morgan fingerprint density at radius 1 is 0.976 bits per heavy atom. The number of nitrogens with zero attached hydrogens (tertiary/aromatic N) is 4. The van der Waals surface area contributed by atoms with Gasteiger partial charge < -0.3 is 4.90 Å². The van der Waals surface area contributed by atoms with E-state index in [2.05, 4.69) is 31.7 Å². The molecule has 226 valence electrons. The molecule has 0 aromatic carbocycles. The summed E-state index contributed by atoms with van der Waals surface area (Å²) in [5, 5.41) is 9.94. The molecule has 0 spiro atoms. The highest BCUT2D eigenvalue weighted by atomic mass is 32.2. The monoisotopic (exact) mass is 598 g/mol. The first-order chi connectivity index (χ1) is 19.8. The van der Waals surface area contributed by atoms with Gasteiger partial charge in [-0.2, -0.15) is 5.26 Å². The van der Waals surface area contributed by atoms with Crippen molar-refractivity contribution in [1.29, 1.82) is 5.26 Å². The Bertz CT molecular complexity index is 1180. The van der Waals surface area contributed by atoms with Crippen LogP contribution in [0.4, 0.5) is 5.82 Å². The largest absolute Gasteiger partial charge is 0.357 e. The molecule has 1 atom stereocenters. The summed E-state index contributed by atoms with van der Waals surface area (Å²) in [6, 6.07) is 2.17. The molecule has 8 heteroatoms. The maximum absolute atomic E-state index is 13.5. The summed E-state index contributed by atoms with van der Waals surface area (Å²) in [5.41, 5.74) is 1.41. The molecule has 3 rings (SSSR count). The molecule has 0 bridgehead atoms. The zero-order valence-electron chi connectivity index (χ0n) is 25.8. The Morgan fingerprint density at radius 3 is 2.22 bits per heavy atom. The number of piperidine rings is 1. The van der Waals surface area contributed by atoms with Crippen LogP contribution in [0.2, 0.25) is 0 Å². The van der Waals surface area contributed by atoms with Crippen molar-refractivity contribution in [1.82, 2.24) is 9.47 Å². The minimum atomic E-state index is -0.225. The number of pyridine rings is 1. The van der Waals surface area contributed by atoms with Gasteiger partial charge in [0.05, 0.1) is 4.91 Å². The highest BCUT2D eigenvalue weighted by molar-refractivity contribution is 8.26. The van der Waals surface area contributed by atoms with E-state index >= 15 is 0 Å². The lowest BCUT2D eigenvalue weighted by Crippen LogP contribution is -2.40. The molecular weight excluding hydrogens is 549 g/mol. The molecule has 1 aromatic rings.